The highest BCUT2D eigenvalue weighted by atomic mass is 16.6. The number of rotatable bonds is 5. The highest BCUT2D eigenvalue weighted by molar-refractivity contribution is 6.00. The van der Waals surface area contributed by atoms with Crippen LogP contribution < -0.4 is 11.3 Å². The van der Waals surface area contributed by atoms with Crippen LogP contribution in [0.5, 0.6) is 0 Å². The SMILES string of the molecule is COCC1CCN(C(=O)c2cccc(NN)c2[N+](=O)[O-])C1. The molecule has 114 valence electrons. The van der Waals surface area contributed by atoms with Crippen molar-refractivity contribution in [2.45, 2.75) is 6.42 Å². The van der Waals surface area contributed by atoms with Crippen molar-refractivity contribution in [2.24, 2.45) is 11.8 Å². The van der Waals surface area contributed by atoms with Gasteiger partial charge in [0.25, 0.3) is 5.91 Å². The fourth-order valence-electron chi connectivity index (χ4n) is 2.59. The second-order valence-electron chi connectivity index (χ2n) is 4.96. The standard InChI is InChI=1S/C13H18N4O4/c1-21-8-9-5-6-16(7-9)13(18)10-3-2-4-11(15-14)12(10)17(19)20/h2-4,9,15H,5-8,14H2,1H3. The van der Waals surface area contributed by atoms with Gasteiger partial charge in [-0.3, -0.25) is 20.8 Å². The normalized spacial score (nSPS) is 17.8. The first kappa shape index (κ1) is 15.2. The number of carbonyl (C=O) groups excluding carboxylic acids is 1. The zero-order valence-corrected chi connectivity index (χ0v) is 11.7. The Morgan fingerprint density at radius 1 is 1.62 bits per heavy atom. The number of nitrogen functional groups attached to an aromatic ring is 1. The predicted molar refractivity (Wildman–Crippen MR) is 76.8 cm³/mol. The fraction of sp³-hybridized carbons (Fsp3) is 0.462. The lowest BCUT2D eigenvalue weighted by Gasteiger charge is -2.17. The predicted octanol–water partition coefficient (Wildman–Crippen LogP) is 0.989. The molecule has 1 saturated heterocycles. The molecule has 0 radical (unpaired) electrons. The molecule has 3 N–H and O–H groups in total. The van der Waals surface area contributed by atoms with Gasteiger partial charge in [-0.2, -0.15) is 0 Å². The number of para-hydroxylation sites is 1. The van der Waals surface area contributed by atoms with Gasteiger partial charge in [0.05, 0.1) is 11.5 Å². The van der Waals surface area contributed by atoms with Gasteiger partial charge >= 0.3 is 5.69 Å². The number of nitro groups is 1. The fourth-order valence-corrected chi connectivity index (χ4v) is 2.59. The van der Waals surface area contributed by atoms with Gasteiger partial charge < -0.3 is 15.1 Å². The van der Waals surface area contributed by atoms with Crippen LogP contribution in [0.4, 0.5) is 11.4 Å². The lowest BCUT2D eigenvalue weighted by atomic mass is 10.1. The topological polar surface area (TPSA) is 111 Å². The van der Waals surface area contributed by atoms with Crippen molar-refractivity contribution in [3.8, 4) is 0 Å². The first-order valence-electron chi connectivity index (χ1n) is 6.60. The summed E-state index contributed by atoms with van der Waals surface area (Å²) in [5.74, 6) is 5.20. The van der Waals surface area contributed by atoms with Crippen molar-refractivity contribution in [2.75, 3.05) is 32.2 Å². The van der Waals surface area contributed by atoms with E-state index < -0.39 is 4.92 Å². The first-order chi connectivity index (χ1) is 10.1. The summed E-state index contributed by atoms with van der Waals surface area (Å²) >= 11 is 0. The van der Waals surface area contributed by atoms with Crippen molar-refractivity contribution in [1.82, 2.24) is 4.90 Å². The number of likely N-dealkylation sites (tertiary alicyclic amines) is 1. The van der Waals surface area contributed by atoms with Crippen LogP contribution in [-0.2, 0) is 4.74 Å². The molecule has 0 aliphatic carbocycles. The summed E-state index contributed by atoms with van der Waals surface area (Å²) in [6.07, 6.45) is 0.836. The highest BCUT2D eigenvalue weighted by Crippen LogP contribution is 2.30. The number of hydrogen-bond donors (Lipinski definition) is 2. The van der Waals surface area contributed by atoms with E-state index in [4.69, 9.17) is 10.6 Å². The van der Waals surface area contributed by atoms with Crippen LogP contribution >= 0.6 is 0 Å². The summed E-state index contributed by atoms with van der Waals surface area (Å²) in [5.41, 5.74) is 2.14. The Hall–Kier alpha value is -2.19. The molecule has 1 aromatic rings. The number of anilines is 1. The molecule has 1 heterocycles. The number of hydrogen-bond acceptors (Lipinski definition) is 6. The molecule has 1 aromatic carbocycles. The minimum atomic E-state index is -0.592. The smallest absolute Gasteiger partial charge is 0.306 e. The lowest BCUT2D eigenvalue weighted by molar-refractivity contribution is -0.384. The van der Waals surface area contributed by atoms with Crippen molar-refractivity contribution < 1.29 is 14.5 Å². The highest BCUT2D eigenvalue weighted by Gasteiger charge is 2.32. The summed E-state index contributed by atoms with van der Waals surface area (Å²) in [6, 6.07) is 4.48. The van der Waals surface area contributed by atoms with E-state index in [9.17, 15) is 14.9 Å². The number of nitrogens with zero attached hydrogens (tertiary/aromatic N) is 2. The third-order valence-electron chi connectivity index (χ3n) is 3.58. The summed E-state index contributed by atoms with van der Waals surface area (Å²) < 4.78 is 5.09. The molecule has 1 atom stereocenters. The van der Waals surface area contributed by atoms with Crippen LogP contribution in [0.2, 0.25) is 0 Å². The molecule has 2 rings (SSSR count). The first-order valence-corrected chi connectivity index (χ1v) is 6.60. The molecule has 0 aromatic heterocycles. The van der Waals surface area contributed by atoms with Gasteiger partial charge in [-0.1, -0.05) is 6.07 Å². The Kier molecular flexibility index (Phi) is 4.71. The molecule has 8 heteroatoms. The van der Waals surface area contributed by atoms with Crippen molar-refractivity contribution >= 4 is 17.3 Å². The van der Waals surface area contributed by atoms with Crippen LogP contribution in [0.25, 0.3) is 0 Å². The third kappa shape index (κ3) is 3.11. The van der Waals surface area contributed by atoms with Gasteiger partial charge in [0.15, 0.2) is 0 Å². The van der Waals surface area contributed by atoms with Gasteiger partial charge in [-0.05, 0) is 18.6 Å². The molecule has 0 spiro atoms. The van der Waals surface area contributed by atoms with E-state index >= 15 is 0 Å². The molecule has 1 aliphatic heterocycles. The molecule has 1 unspecified atom stereocenters. The Morgan fingerprint density at radius 2 is 2.38 bits per heavy atom. The summed E-state index contributed by atoms with van der Waals surface area (Å²) in [7, 11) is 1.62. The average Bonchev–Trinajstić information content (AvgIpc) is 2.94. The summed E-state index contributed by atoms with van der Waals surface area (Å²) in [4.78, 5) is 24.7. The average molecular weight is 294 g/mol. The maximum atomic E-state index is 12.5. The lowest BCUT2D eigenvalue weighted by Crippen LogP contribution is -2.30. The maximum absolute atomic E-state index is 12.5. The van der Waals surface area contributed by atoms with Crippen LogP contribution in [0.1, 0.15) is 16.8 Å². The molecule has 0 bridgehead atoms. The monoisotopic (exact) mass is 294 g/mol. The van der Waals surface area contributed by atoms with Crippen molar-refractivity contribution in [3.05, 3.63) is 33.9 Å². The number of ether oxygens (including phenoxy) is 1. The van der Waals surface area contributed by atoms with Crippen LogP contribution in [0.3, 0.4) is 0 Å². The summed E-state index contributed by atoms with van der Waals surface area (Å²) in [5, 5.41) is 11.2. The minimum Gasteiger partial charge on any atom is -0.384 e. The van der Waals surface area contributed by atoms with Gasteiger partial charge in [0.1, 0.15) is 11.3 Å². The molecule has 1 aliphatic rings. The quantitative estimate of drug-likeness (QED) is 0.476. The van der Waals surface area contributed by atoms with Gasteiger partial charge in [-0.25, -0.2) is 0 Å². The largest absolute Gasteiger partial charge is 0.384 e. The van der Waals surface area contributed by atoms with Crippen LogP contribution in [-0.4, -0.2) is 42.5 Å². The number of nitrogens with two attached hydrogens (primary N) is 1. The van der Waals surface area contributed by atoms with E-state index in [1.807, 2.05) is 0 Å². The second-order valence-corrected chi connectivity index (χ2v) is 4.96. The number of nitrogens with one attached hydrogen (secondary N) is 1. The van der Waals surface area contributed by atoms with Gasteiger partial charge in [0.2, 0.25) is 0 Å². The van der Waals surface area contributed by atoms with E-state index in [2.05, 4.69) is 5.43 Å². The molecule has 0 saturated carbocycles. The molecule has 1 amide bonds. The van der Waals surface area contributed by atoms with Crippen molar-refractivity contribution in [1.29, 1.82) is 0 Å². The molecular weight excluding hydrogens is 276 g/mol. The van der Waals surface area contributed by atoms with E-state index in [-0.39, 0.29) is 28.8 Å². The van der Waals surface area contributed by atoms with Gasteiger partial charge in [-0.15, -0.1) is 0 Å². The number of amides is 1. The van der Waals surface area contributed by atoms with E-state index in [0.29, 0.717) is 19.7 Å². The van der Waals surface area contributed by atoms with Crippen LogP contribution in [0.15, 0.2) is 18.2 Å². The Morgan fingerprint density at radius 3 is 3.00 bits per heavy atom. The van der Waals surface area contributed by atoms with Crippen LogP contribution in [0, 0.1) is 16.0 Å². The summed E-state index contributed by atoms with van der Waals surface area (Å²) in [6.45, 7) is 1.70. The Bertz CT molecular complexity index is 549. The zero-order valence-electron chi connectivity index (χ0n) is 11.7. The third-order valence-corrected chi connectivity index (χ3v) is 3.58. The second kappa shape index (κ2) is 6.51. The molecular formula is C13H18N4O4. The van der Waals surface area contributed by atoms with Crippen molar-refractivity contribution in [3.63, 3.8) is 0 Å². The van der Waals surface area contributed by atoms with Gasteiger partial charge in [0, 0.05) is 26.1 Å². The number of nitro benzene ring substituents is 1. The van der Waals surface area contributed by atoms with E-state index in [1.165, 1.54) is 12.1 Å². The Balaban J connectivity index is 2.26. The number of benzene rings is 1. The Labute approximate surface area is 122 Å². The molecule has 21 heavy (non-hydrogen) atoms. The molecule has 1 fully saturated rings. The van der Waals surface area contributed by atoms with E-state index in [1.54, 1.807) is 18.1 Å². The number of carbonyl (C=O) groups is 1. The maximum Gasteiger partial charge on any atom is 0.306 e. The van der Waals surface area contributed by atoms with E-state index in [0.717, 1.165) is 6.42 Å². The number of hydrazine groups is 1. The molecule has 8 nitrogen and oxygen atoms in total. The number of methoxy groups -OCH3 is 1. The zero-order chi connectivity index (χ0) is 15.4. The minimum absolute atomic E-state index is 0.0496.